The summed E-state index contributed by atoms with van der Waals surface area (Å²) < 4.78 is 0. The highest BCUT2D eigenvalue weighted by molar-refractivity contribution is 5.79. The number of H-pyrrole nitrogens is 1. The zero-order chi connectivity index (χ0) is 13.4. The molecule has 0 radical (unpaired) electrons. The Labute approximate surface area is 111 Å². The first-order valence-corrected chi connectivity index (χ1v) is 6.68. The predicted molar refractivity (Wildman–Crippen MR) is 70.4 cm³/mol. The van der Waals surface area contributed by atoms with Gasteiger partial charge in [0.25, 0.3) is 5.56 Å². The molecular weight excluding hydrogens is 242 g/mol. The summed E-state index contributed by atoms with van der Waals surface area (Å²) in [6, 6.07) is 0. The first kappa shape index (κ1) is 12.1. The fraction of sp³-hybridized carbons (Fsp3) is 0.500. The second-order valence-electron chi connectivity index (χ2n) is 5.26. The third-order valence-corrected chi connectivity index (χ3v) is 3.78. The van der Waals surface area contributed by atoms with Crippen LogP contribution in [0.5, 0.6) is 0 Å². The highest BCUT2D eigenvalue weighted by Gasteiger charge is 2.27. The van der Waals surface area contributed by atoms with Gasteiger partial charge in [-0.1, -0.05) is 11.6 Å². The molecule has 0 aromatic carbocycles. The number of hydrogen-bond acceptors (Lipinski definition) is 3. The number of nitrogens with one attached hydrogen (secondary N) is 1. The highest BCUT2D eigenvalue weighted by atomic mass is 16.2. The van der Waals surface area contributed by atoms with Crippen LogP contribution in [0.15, 0.2) is 16.4 Å². The van der Waals surface area contributed by atoms with Crippen molar-refractivity contribution in [2.24, 2.45) is 0 Å². The maximum absolute atomic E-state index is 12.2. The zero-order valence-corrected chi connectivity index (χ0v) is 11.0. The van der Waals surface area contributed by atoms with Crippen LogP contribution in [0.3, 0.4) is 0 Å². The lowest BCUT2D eigenvalue weighted by Gasteiger charge is -2.15. The second-order valence-corrected chi connectivity index (χ2v) is 5.26. The number of nitrogens with zero attached hydrogens (tertiary/aromatic N) is 2. The van der Waals surface area contributed by atoms with Crippen molar-refractivity contribution < 1.29 is 4.79 Å². The molecule has 0 unspecified atom stereocenters. The molecule has 0 atom stereocenters. The second kappa shape index (κ2) is 4.64. The lowest BCUT2D eigenvalue weighted by atomic mass is 10.1. The monoisotopic (exact) mass is 259 g/mol. The average molecular weight is 259 g/mol. The molecule has 100 valence electrons. The minimum Gasteiger partial charge on any atom is -0.332 e. The molecule has 1 aliphatic carbocycles. The lowest BCUT2D eigenvalue weighted by molar-refractivity contribution is -0.131. The maximum atomic E-state index is 12.2. The number of rotatable bonds is 2. The van der Waals surface area contributed by atoms with Crippen molar-refractivity contribution in [3.05, 3.63) is 39.1 Å². The number of carbonyl (C=O) groups excluding carboxylic acids is 1. The van der Waals surface area contributed by atoms with Crippen molar-refractivity contribution in [3.8, 4) is 0 Å². The Morgan fingerprint density at radius 2 is 2.32 bits per heavy atom. The van der Waals surface area contributed by atoms with E-state index in [1.165, 1.54) is 5.57 Å². The van der Waals surface area contributed by atoms with Gasteiger partial charge in [0.2, 0.25) is 5.91 Å². The fourth-order valence-corrected chi connectivity index (χ4v) is 2.77. The summed E-state index contributed by atoms with van der Waals surface area (Å²) in [5.74, 6) is 0.708. The van der Waals surface area contributed by atoms with Gasteiger partial charge in [0.05, 0.1) is 24.3 Å². The van der Waals surface area contributed by atoms with E-state index < -0.39 is 0 Å². The minimum absolute atomic E-state index is 0.100. The molecular formula is C14H17N3O2. The van der Waals surface area contributed by atoms with Crippen LogP contribution in [-0.2, 0) is 17.9 Å². The SMILES string of the molecule is Cc1nc2c(c(=O)[nH]1)CN(C(=O)CC1=CCCC1)C2. The number of fused-ring (bicyclic) bond motifs is 1. The van der Waals surface area contributed by atoms with Gasteiger partial charge in [0, 0.05) is 6.42 Å². The van der Waals surface area contributed by atoms with Crippen molar-refractivity contribution in [1.82, 2.24) is 14.9 Å². The number of allylic oxidation sites excluding steroid dienone is 1. The minimum atomic E-state index is -0.113. The zero-order valence-electron chi connectivity index (χ0n) is 11.0. The lowest BCUT2D eigenvalue weighted by Crippen LogP contribution is -2.26. The van der Waals surface area contributed by atoms with Crippen LogP contribution >= 0.6 is 0 Å². The van der Waals surface area contributed by atoms with Crippen molar-refractivity contribution >= 4 is 5.91 Å². The van der Waals surface area contributed by atoms with E-state index in [1.807, 2.05) is 0 Å². The molecule has 2 aliphatic rings. The number of aryl methyl sites for hydroxylation is 1. The summed E-state index contributed by atoms with van der Waals surface area (Å²) >= 11 is 0. The molecule has 1 amide bonds. The van der Waals surface area contributed by atoms with Crippen LogP contribution in [0, 0.1) is 6.92 Å². The summed E-state index contributed by atoms with van der Waals surface area (Å²) in [5.41, 5.74) is 2.51. The van der Waals surface area contributed by atoms with E-state index in [1.54, 1.807) is 11.8 Å². The standard InChI is InChI=1S/C14H17N3O2/c1-9-15-12-8-17(7-11(12)14(19)16-9)13(18)6-10-4-2-3-5-10/h4H,2-3,5-8H2,1H3,(H,15,16,19). The maximum Gasteiger partial charge on any atom is 0.256 e. The van der Waals surface area contributed by atoms with E-state index in [2.05, 4.69) is 16.0 Å². The number of aromatic nitrogens is 2. The molecule has 0 saturated carbocycles. The molecule has 1 aliphatic heterocycles. The van der Waals surface area contributed by atoms with E-state index in [0.29, 0.717) is 30.9 Å². The Bertz CT molecular complexity index is 616. The first-order valence-electron chi connectivity index (χ1n) is 6.68. The number of carbonyl (C=O) groups is 1. The molecule has 1 N–H and O–H groups in total. The molecule has 1 aromatic rings. The van der Waals surface area contributed by atoms with E-state index in [0.717, 1.165) is 25.0 Å². The Morgan fingerprint density at radius 1 is 1.47 bits per heavy atom. The quantitative estimate of drug-likeness (QED) is 0.817. The topological polar surface area (TPSA) is 66.1 Å². The van der Waals surface area contributed by atoms with Gasteiger partial charge in [0.1, 0.15) is 5.82 Å². The Kier molecular flexibility index (Phi) is 2.97. The van der Waals surface area contributed by atoms with Gasteiger partial charge in [-0.15, -0.1) is 0 Å². The summed E-state index contributed by atoms with van der Waals surface area (Å²) in [5, 5.41) is 0. The highest BCUT2D eigenvalue weighted by Crippen LogP contribution is 2.24. The normalized spacial score (nSPS) is 17.5. The number of hydrogen-bond donors (Lipinski definition) is 1. The summed E-state index contributed by atoms with van der Waals surface area (Å²) in [4.78, 5) is 32.7. The van der Waals surface area contributed by atoms with Crippen LogP contribution < -0.4 is 5.56 Å². The molecule has 5 heteroatoms. The number of amides is 1. The van der Waals surface area contributed by atoms with Crippen molar-refractivity contribution in [3.63, 3.8) is 0 Å². The number of aromatic amines is 1. The van der Waals surface area contributed by atoms with E-state index >= 15 is 0 Å². The Morgan fingerprint density at radius 3 is 3.05 bits per heavy atom. The van der Waals surface area contributed by atoms with Gasteiger partial charge in [-0.3, -0.25) is 9.59 Å². The first-order chi connectivity index (χ1) is 9.13. The Hall–Kier alpha value is -1.91. The van der Waals surface area contributed by atoms with Crippen LogP contribution in [0.4, 0.5) is 0 Å². The molecule has 5 nitrogen and oxygen atoms in total. The Balaban J connectivity index is 1.74. The predicted octanol–water partition coefficient (Wildman–Crippen LogP) is 1.42. The van der Waals surface area contributed by atoms with E-state index in [-0.39, 0.29) is 11.5 Å². The van der Waals surface area contributed by atoms with Gasteiger partial charge in [-0.25, -0.2) is 4.98 Å². The molecule has 0 bridgehead atoms. The average Bonchev–Trinajstić information content (AvgIpc) is 2.97. The molecule has 1 aromatic heterocycles. The van der Waals surface area contributed by atoms with Gasteiger partial charge < -0.3 is 9.88 Å². The molecule has 19 heavy (non-hydrogen) atoms. The van der Waals surface area contributed by atoms with Crippen LogP contribution in [0.1, 0.15) is 42.8 Å². The molecule has 0 spiro atoms. The molecule has 3 rings (SSSR count). The van der Waals surface area contributed by atoms with Crippen LogP contribution in [0.25, 0.3) is 0 Å². The third kappa shape index (κ3) is 2.32. The van der Waals surface area contributed by atoms with Gasteiger partial charge >= 0.3 is 0 Å². The van der Waals surface area contributed by atoms with Gasteiger partial charge in [0.15, 0.2) is 0 Å². The van der Waals surface area contributed by atoms with Crippen LogP contribution in [-0.4, -0.2) is 20.8 Å². The van der Waals surface area contributed by atoms with Crippen LogP contribution in [0.2, 0.25) is 0 Å². The third-order valence-electron chi connectivity index (χ3n) is 3.78. The fourth-order valence-electron chi connectivity index (χ4n) is 2.77. The van der Waals surface area contributed by atoms with E-state index in [9.17, 15) is 9.59 Å². The summed E-state index contributed by atoms with van der Waals surface area (Å²) in [7, 11) is 0. The van der Waals surface area contributed by atoms with Crippen molar-refractivity contribution in [1.29, 1.82) is 0 Å². The molecule has 2 heterocycles. The smallest absolute Gasteiger partial charge is 0.256 e. The van der Waals surface area contributed by atoms with E-state index in [4.69, 9.17) is 0 Å². The van der Waals surface area contributed by atoms with Crippen molar-refractivity contribution in [2.75, 3.05) is 0 Å². The van der Waals surface area contributed by atoms with Crippen molar-refractivity contribution in [2.45, 2.75) is 45.7 Å². The van der Waals surface area contributed by atoms with Gasteiger partial charge in [-0.2, -0.15) is 0 Å². The summed E-state index contributed by atoms with van der Waals surface area (Å²) in [6.45, 7) is 2.62. The molecule has 0 fully saturated rings. The summed E-state index contributed by atoms with van der Waals surface area (Å²) in [6.07, 6.45) is 5.93. The molecule has 0 saturated heterocycles. The largest absolute Gasteiger partial charge is 0.332 e. The van der Waals surface area contributed by atoms with Gasteiger partial charge in [-0.05, 0) is 26.2 Å².